The zero-order valence-electron chi connectivity index (χ0n) is 15.4. The number of nitrogens with zero attached hydrogens (tertiary/aromatic N) is 1. The van der Waals surface area contributed by atoms with E-state index in [1.165, 1.54) is 0 Å². The van der Waals surface area contributed by atoms with Crippen molar-refractivity contribution in [2.24, 2.45) is 0 Å². The van der Waals surface area contributed by atoms with Crippen molar-refractivity contribution >= 4 is 17.5 Å². The minimum Gasteiger partial charge on any atom is -0.367 e. The molecule has 0 bridgehead atoms. The van der Waals surface area contributed by atoms with Gasteiger partial charge in [-0.2, -0.15) is 0 Å². The van der Waals surface area contributed by atoms with Crippen molar-refractivity contribution in [2.45, 2.75) is 26.9 Å². The van der Waals surface area contributed by atoms with Crippen molar-refractivity contribution < 1.29 is 14.3 Å². The average Bonchev–Trinajstić information content (AvgIpc) is 2.64. The van der Waals surface area contributed by atoms with Crippen molar-refractivity contribution in [3.63, 3.8) is 0 Å². The minimum absolute atomic E-state index is 0.0235. The van der Waals surface area contributed by atoms with Gasteiger partial charge in [-0.15, -0.1) is 0 Å². The third-order valence-corrected chi connectivity index (χ3v) is 3.94. The van der Waals surface area contributed by atoms with E-state index in [-0.39, 0.29) is 25.0 Å². The predicted octanol–water partition coefficient (Wildman–Crippen LogP) is 3.39. The van der Waals surface area contributed by atoms with Gasteiger partial charge >= 0.3 is 0 Å². The number of rotatable bonds is 9. The molecule has 0 aliphatic heterocycles. The molecule has 0 radical (unpaired) electrons. The van der Waals surface area contributed by atoms with Gasteiger partial charge in [-0.05, 0) is 30.5 Å². The van der Waals surface area contributed by atoms with Gasteiger partial charge in [0.25, 0.3) is 0 Å². The van der Waals surface area contributed by atoms with Crippen molar-refractivity contribution in [1.82, 2.24) is 4.90 Å². The Labute approximate surface area is 155 Å². The molecule has 2 aromatic rings. The van der Waals surface area contributed by atoms with Crippen LogP contribution in [0.2, 0.25) is 0 Å². The van der Waals surface area contributed by atoms with Crippen LogP contribution in [0.5, 0.6) is 0 Å². The monoisotopic (exact) mass is 354 g/mol. The van der Waals surface area contributed by atoms with Gasteiger partial charge in [0.05, 0.1) is 13.2 Å². The average molecular weight is 354 g/mol. The molecule has 0 aliphatic carbocycles. The summed E-state index contributed by atoms with van der Waals surface area (Å²) >= 11 is 0. The molecule has 26 heavy (non-hydrogen) atoms. The summed E-state index contributed by atoms with van der Waals surface area (Å²) in [5.41, 5.74) is 2.77. The number of para-hydroxylation sites is 1. The van der Waals surface area contributed by atoms with E-state index < -0.39 is 0 Å². The van der Waals surface area contributed by atoms with Crippen LogP contribution >= 0.6 is 0 Å². The lowest BCUT2D eigenvalue weighted by Crippen LogP contribution is -2.40. The van der Waals surface area contributed by atoms with E-state index >= 15 is 0 Å². The lowest BCUT2D eigenvalue weighted by Gasteiger charge is -2.22. The van der Waals surface area contributed by atoms with Gasteiger partial charge in [-0.1, -0.05) is 55.5 Å². The predicted molar refractivity (Wildman–Crippen MR) is 103 cm³/mol. The molecule has 2 aromatic carbocycles. The van der Waals surface area contributed by atoms with E-state index in [9.17, 15) is 9.59 Å². The third kappa shape index (κ3) is 6.33. The molecule has 0 heterocycles. The Morgan fingerprint density at radius 2 is 1.73 bits per heavy atom. The molecule has 0 saturated heterocycles. The zero-order valence-corrected chi connectivity index (χ0v) is 15.4. The minimum atomic E-state index is -0.204. The van der Waals surface area contributed by atoms with Gasteiger partial charge in [0.15, 0.2) is 0 Å². The first kappa shape index (κ1) is 19.7. The zero-order chi connectivity index (χ0) is 18.8. The van der Waals surface area contributed by atoms with Gasteiger partial charge in [-0.3, -0.25) is 9.59 Å². The van der Waals surface area contributed by atoms with Gasteiger partial charge in [-0.25, -0.2) is 0 Å². The molecule has 0 atom stereocenters. The first-order chi connectivity index (χ1) is 12.6. The van der Waals surface area contributed by atoms with E-state index in [1.54, 1.807) is 4.90 Å². The molecular formula is C21H26N2O3. The number of amides is 2. The SMILES string of the molecule is CCCN(CC(=O)Nc1ccccc1C)C(=O)COCc1ccccc1. The summed E-state index contributed by atoms with van der Waals surface area (Å²) in [6.07, 6.45) is 0.780. The van der Waals surface area contributed by atoms with E-state index in [2.05, 4.69) is 5.32 Å². The molecule has 1 N–H and O–H groups in total. The van der Waals surface area contributed by atoms with E-state index in [4.69, 9.17) is 4.74 Å². The topological polar surface area (TPSA) is 58.6 Å². The van der Waals surface area contributed by atoms with Crippen molar-refractivity contribution in [3.05, 3.63) is 65.7 Å². The number of hydrogen-bond acceptors (Lipinski definition) is 3. The molecule has 2 amide bonds. The number of hydrogen-bond donors (Lipinski definition) is 1. The van der Waals surface area contributed by atoms with Crippen LogP contribution in [0.4, 0.5) is 5.69 Å². The quantitative estimate of drug-likeness (QED) is 0.751. The Kier molecular flexibility index (Phi) is 7.83. The normalized spacial score (nSPS) is 10.4. The smallest absolute Gasteiger partial charge is 0.249 e. The van der Waals surface area contributed by atoms with Crippen LogP contribution in [0.25, 0.3) is 0 Å². The Balaban J connectivity index is 1.85. The van der Waals surface area contributed by atoms with E-state index in [0.717, 1.165) is 23.2 Å². The molecule has 0 spiro atoms. The summed E-state index contributed by atoms with van der Waals surface area (Å²) in [7, 11) is 0. The number of benzene rings is 2. The second kappa shape index (κ2) is 10.4. The summed E-state index contributed by atoms with van der Waals surface area (Å²) in [6.45, 7) is 4.80. The summed E-state index contributed by atoms with van der Waals surface area (Å²) < 4.78 is 5.50. The molecular weight excluding hydrogens is 328 g/mol. The number of carbonyl (C=O) groups is 2. The number of nitrogens with one attached hydrogen (secondary N) is 1. The maximum absolute atomic E-state index is 12.4. The lowest BCUT2D eigenvalue weighted by molar-refractivity contribution is -0.139. The van der Waals surface area contributed by atoms with Gasteiger partial charge in [0.2, 0.25) is 11.8 Å². The second-order valence-electron chi connectivity index (χ2n) is 6.16. The van der Waals surface area contributed by atoms with Crippen LogP contribution in [-0.2, 0) is 20.9 Å². The van der Waals surface area contributed by atoms with Crippen LogP contribution < -0.4 is 5.32 Å². The first-order valence-electron chi connectivity index (χ1n) is 8.85. The fraction of sp³-hybridized carbons (Fsp3) is 0.333. The molecule has 0 aliphatic rings. The molecule has 5 nitrogen and oxygen atoms in total. The third-order valence-electron chi connectivity index (χ3n) is 3.94. The van der Waals surface area contributed by atoms with Crippen molar-refractivity contribution in [3.8, 4) is 0 Å². The highest BCUT2D eigenvalue weighted by Gasteiger charge is 2.17. The Morgan fingerprint density at radius 1 is 1.04 bits per heavy atom. The largest absolute Gasteiger partial charge is 0.367 e. The lowest BCUT2D eigenvalue weighted by atomic mass is 10.2. The van der Waals surface area contributed by atoms with Crippen LogP contribution in [0.3, 0.4) is 0 Å². The van der Waals surface area contributed by atoms with Gasteiger partial charge in [0.1, 0.15) is 6.61 Å². The molecule has 0 saturated carbocycles. The molecule has 0 unspecified atom stereocenters. The highest BCUT2D eigenvalue weighted by Crippen LogP contribution is 2.13. The maximum Gasteiger partial charge on any atom is 0.249 e. The standard InChI is InChI=1S/C21H26N2O3/c1-3-13-23(14-20(24)22-19-12-8-7-9-17(19)2)21(25)16-26-15-18-10-5-4-6-11-18/h4-12H,3,13-16H2,1-2H3,(H,22,24). The van der Waals surface area contributed by atoms with Crippen LogP contribution in [0.15, 0.2) is 54.6 Å². The molecule has 138 valence electrons. The van der Waals surface area contributed by atoms with Crippen LogP contribution in [-0.4, -0.2) is 36.4 Å². The maximum atomic E-state index is 12.4. The van der Waals surface area contributed by atoms with E-state index in [1.807, 2.05) is 68.4 Å². The molecule has 0 fully saturated rings. The fourth-order valence-electron chi connectivity index (χ4n) is 2.56. The summed E-state index contributed by atoms with van der Waals surface area (Å²) in [6, 6.07) is 17.3. The van der Waals surface area contributed by atoms with Gasteiger partial charge < -0.3 is 15.0 Å². The Morgan fingerprint density at radius 3 is 2.42 bits per heavy atom. The number of carbonyl (C=O) groups excluding carboxylic acids is 2. The molecule has 5 heteroatoms. The Bertz CT molecular complexity index is 716. The highest BCUT2D eigenvalue weighted by atomic mass is 16.5. The van der Waals surface area contributed by atoms with Crippen LogP contribution in [0.1, 0.15) is 24.5 Å². The molecule has 2 rings (SSSR count). The molecule has 0 aromatic heterocycles. The number of ether oxygens (including phenoxy) is 1. The summed E-state index contributed by atoms with van der Waals surface area (Å²) in [5, 5.41) is 2.86. The highest BCUT2D eigenvalue weighted by molar-refractivity contribution is 5.95. The van der Waals surface area contributed by atoms with Crippen LogP contribution in [0, 0.1) is 6.92 Å². The number of aryl methyl sites for hydroxylation is 1. The second-order valence-corrected chi connectivity index (χ2v) is 6.16. The van der Waals surface area contributed by atoms with Crippen molar-refractivity contribution in [2.75, 3.05) is 25.0 Å². The van der Waals surface area contributed by atoms with Gasteiger partial charge in [0, 0.05) is 12.2 Å². The summed E-state index contributed by atoms with van der Waals surface area (Å²) in [4.78, 5) is 26.2. The van der Waals surface area contributed by atoms with E-state index in [0.29, 0.717) is 13.2 Å². The fourth-order valence-corrected chi connectivity index (χ4v) is 2.56. The summed E-state index contributed by atoms with van der Waals surface area (Å²) in [5.74, 6) is -0.383. The first-order valence-corrected chi connectivity index (χ1v) is 8.85. The Hall–Kier alpha value is -2.66. The number of anilines is 1. The van der Waals surface area contributed by atoms with Crippen molar-refractivity contribution in [1.29, 1.82) is 0 Å².